The zero-order valence-electron chi connectivity index (χ0n) is 4.68. The van der Waals surface area contributed by atoms with Gasteiger partial charge in [0.2, 0.25) is 0 Å². The molecule has 0 saturated carbocycles. The highest BCUT2D eigenvalue weighted by Crippen LogP contribution is 2.05. The van der Waals surface area contributed by atoms with Crippen LogP contribution in [0.4, 0.5) is 0 Å². The van der Waals surface area contributed by atoms with Crippen molar-refractivity contribution in [3.63, 3.8) is 0 Å². The monoisotopic (exact) mass is 109 g/mol. The minimum Gasteiger partial charge on any atom is -0.316 e. The highest BCUT2D eigenvalue weighted by atomic mass is 16.1. The Bertz CT molecular complexity index is 105. The second-order valence-electron chi connectivity index (χ2n) is 2.03. The quantitative estimate of drug-likeness (QED) is 0.425. The zero-order valence-corrected chi connectivity index (χ0v) is 4.68. The van der Waals surface area contributed by atoms with E-state index in [4.69, 9.17) is 7.85 Å². The van der Waals surface area contributed by atoms with Gasteiger partial charge in [-0.2, -0.15) is 0 Å². The van der Waals surface area contributed by atoms with E-state index in [1.165, 1.54) is 0 Å². The molecule has 1 heterocycles. The van der Waals surface area contributed by atoms with Gasteiger partial charge in [-0.15, -0.1) is 0 Å². The Labute approximate surface area is 50.1 Å². The molecular weight excluding hydrogens is 101 g/mol. The summed E-state index contributed by atoms with van der Waals surface area (Å²) in [6.07, 6.45) is 0.598. The Hall–Kier alpha value is -0.305. The molecule has 0 aromatic rings. The number of ketones is 1. The smallest absolute Gasteiger partial charge is 0.129 e. The summed E-state index contributed by atoms with van der Waals surface area (Å²) in [4.78, 5) is 10.6. The fraction of sp³-hybridized carbons (Fsp3) is 0.800. The zero-order chi connectivity index (χ0) is 5.98. The molecule has 0 spiro atoms. The molecule has 2 radical (unpaired) electrons. The van der Waals surface area contributed by atoms with E-state index in [-0.39, 0.29) is 11.6 Å². The van der Waals surface area contributed by atoms with E-state index in [1.807, 2.05) is 0 Å². The third-order valence-corrected chi connectivity index (χ3v) is 1.33. The molecule has 1 fully saturated rings. The van der Waals surface area contributed by atoms with Gasteiger partial charge in [-0.05, 0) is 12.4 Å². The lowest BCUT2D eigenvalue weighted by atomic mass is 9.80. The predicted octanol–water partition coefficient (Wildman–Crippen LogP) is -0.494. The normalized spacial score (nSPS) is 30.5. The number of rotatable bonds is 0. The fourth-order valence-electron chi connectivity index (χ4n) is 0.768. The molecule has 1 saturated heterocycles. The molecule has 8 heavy (non-hydrogen) atoms. The standard InChI is InChI=1S/C5H8BNO/c6-4-3-7-2-1-5(4)8/h4,7H,1-3H2. The molecule has 1 aliphatic rings. The van der Waals surface area contributed by atoms with Gasteiger partial charge in [-0.3, -0.25) is 0 Å². The van der Waals surface area contributed by atoms with Gasteiger partial charge >= 0.3 is 0 Å². The van der Waals surface area contributed by atoms with Crippen molar-refractivity contribution in [1.29, 1.82) is 0 Å². The van der Waals surface area contributed by atoms with Crippen molar-refractivity contribution < 1.29 is 4.79 Å². The maximum atomic E-state index is 10.6. The minimum atomic E-state index is -0.247. The third kappa shape index (κ3) is 1.10. The molecular formula is C5H8BNO. The van der Waals surface area contributed by atoms with Crippen LogP contribution in [-0.2, 0) is 4.79 Å². The van der Waals surface area contributed by atoms with E-state index in [9.17, 15) is 4.79 Å². The van der Waals surface area contributed by atoms with Crippen LogP contribution in [0.3, 0.4) is 0 Å². The van der Waals surface area contributed by atoms with E-state index < -0.39 is 0 Å². The highest BCUT2D eigenvalue weighted by Gasteiger charge is 2.15. The summed E-state index contributed by atoms with van der Waals surface area (Å²) in [5, 5.41) is 3.02. The lowest BCUT2D eigenvalue weighted by Gasteiger charge is -2.16. The number of nitrogens with one attached hydrogen (secondary N) is 1. The molecule has 1 atom stereocenters. The molecule has 1 aliphatic heterocycles. The lowest BCUT2D eigenvalue weighted by molar-refractivity contribution is -0.119. The van der Waals surface area contributed by atoms with Gasteiger partial charge in [0.1, 0.15) is 5.78 Å². The van der Waals surface area contributed by atoms with Crippen LogP contribution in [0.2, 0.25) is 5.82 Å². The first kappa shape index (κ1) is 5.82. The topological polar surface area (TPSA) is 29.1 Å². The Morgan fingerprint density at radius 2 is 2.50 bits per heavy atom. The van der Waals surface area contributed by atoms with Gasteiger partial charge in [-0.1, -0.05) is 0 Å². The maximum Gasteiger partial charge on any atom is 0.129 e. The van der Waals surface area contributed by atoms with Crippen LogP contribution in [0.25, 0.3) is 0 Å². The molecule has 0 bridgehead atoms. The van der Waals surface area contributed by atoms with Crippen molar-refractivity contribution >= 4 is 13.6 Å². The lowest BCUT2D eigenvalue weighted by Crippen LogP contribution is -2.33. The van der Waals surface area contributed by atoms with Gasteiger partial charge in [-0.25, -0.2) is 0 Å². The number of Topliss-reactive ketones (excluding diaryl/α,β-unsaturated/α-hetero) is 1. The van der Waals surface area contributed by atoms with E-state index in [1.54, 1.807) is 0 Å². The Kier molecular flexibility index (Phi) is 1.68. The highest BCUT2D eigenvalue weighted by molar-refractivity contribution is 6.24. The molecule has 2 nitrogen and oxygen atoms in total. The van der Waals surface area contributed by atoms with Crippen molar-refractivity contribution in [3.05, 3.63) is 0 Å². The summed E-state index contributed by atoms with van der Waals surface area (Å²) >= 11 is 0. The van der Waals surface area contributed by atoms with Crippen molar-refractivity contribution in [2.75, 3.05) is 13.1 Å². The van der Waals surface area contributed by atoms with E-state index in [0.29, 0.717) is 13.0 Å². The van der Waals surface area contributed by atoms with Gasteiger partial charge in [0.05, 0.1) is 7.85 Å². The first-order valence-corrected chi connectivity index (χ1v) is 2.80. The average Bonchev–Trinajstić information content (AvgIpc) is 1.77. The third-order valence-electron chi connectivity index (χ3n) is 1.33. The second-order valence-corrected chi connectivity index (χ2v) is 2.03. The molecule has 1 unspecified atom stereocenters. The Morgan fingerprint density at radius 3 is 2.88 bits per heavy atom. The molecule has 0 aliphatic carbocycles. The molecule has 0 amide bonds. The van der Waals surface area contributed by atoms with Gasteiger partial charge in [0.25, 0.3) is 0 Å². The summed E-state index contributed by atoms with van der Waals surface area (Å²) in [6, 6.07) is 0. The summed E-state index contributed by atoms with van der Waals surface area (Å²) in [5.74, 6) is -0.0625. The number of piperidine rings is 1. The largest absolute Gasteiger partial charge is 0.316 e. The van der Waals surface area contributed by atoms with Crippen molar-refractivity contribution in [2.24, 2.45) is 0 Å². The number of hydrogen-bond donors (Lipinski definition) is 1. The Morgan fingerprint density at radius 1 is 1.75 bits per heavy atom. The number of carbonyl (C=O) groups excluding carboxylic acids is 1. The minimum absolute atomic E-state index is 0.184. The number of carbonyl (C=O) groups is 1. The molecule has 0 aromatic heterocycles. The maximum absolute atomic E-state index is 10.6. The SMILES string of the molecule is [B]C1CNCCC1=O. The van der Waals surface area contributed by atoms with Crippen LogP contribution in [0.1, 0.15) is 6.42 Å². The van der Waals surface area contributed by atoms with E-state index in [2.05, 4.69) is 5.32 Å². The van der Waals surface area contributed by atoms with Crippen LogP contribution in [-0.4, -0.2) is 26.7 Å². The van der Waals surface area contributed by atoms with Crippen molar-refractivity contribution in [1.82, 2.24) is 5.32 Å². The average molecular weight is 109 g/mol. The molecule has 1 N–H and O–H groups in total. The van der Waals surface area contributed by atoms with Gasteiger partial charge in [0.15, 0.2) is 0 Å². The van der Waals surface area contributed by atoms with Crippen LogP contribution in [0.15, 0.2) is 0 Å². The first-order chi connectivity index (χ1) is 3.80. The van der Waals surface area contributed by atoms with E-state index >= 15 is 0 Å². The van der Waals surface area contributed by atoms with Crippen LogP contribution >= 0.6 is 0 Å². The summed E-state index contributed by atoms with van der Waals surface area (Å²) < 4.78 is 0. The Balaban J connectivity index is 2.39. The first-order valence-electron chi connectivity index (χ1n) is 2.80. The fourth-order valence-corrected chi connectivity index (χ4v) is 0.768. The molecule has 1 rings (SSSR count). The summed E-state index contributed by atoms with van der Waals surface area (Å²) in [6.45, 7) is 1.45. The molecule has 42 valence electrons. The van der Waals surface area contributed by atoms with Crippen molar-refractivity contribution in [2.45, 2.75) is 12.2 Å². The summed E-state index contributed by atoms with van der Waals surface area (Å²) in [7, 11) is 5.37. The van der Waals surface area contributed by atoms with Gasteiger partial charge < -0.3 is 10.1 Å². The van der Waals surface area contributed by atoms with Crippen molar-refractivity contribution in [3.8, 4) is 0 Å². The predicted molar refractivity (Wildman–Crippen MR) is 32.0 cm³/mol. The van der Waals surface area contributed by atoms with Gasteiger partial charge in [0, 0.05) is 13.0 Å². The van der Waals surface area contributed by atoms with E-state index in [0.717, 1.165) is 6.54 Å². The number of hydrogen-bond acceptors (Lipinski definition) is 2. The molecule has 0 aromatic carbocycles. The van der Waals surface area contributed by atoms with Crippen LogP contribution < -0.4 is 5.32 Å². The molecule has 3 heteroatoms. The second kappa shape index (κ2) is 2.31. The van der Waals surface area contributed by atoms with Crippen LogP contribution in [0, 0.1) is 0 Å². The summed E-state index contributed by atoms with van der Waals surface area (Å²) in [5.41, 5.74) is 0. The van der Waals surface area contributed by atoms with Crippen LogP contribution in [0.5, 0.6) is 0 Å².